The Balaban J connectivity index is 2.28. The molecule has 108 valence electrons. The summed E-state index contributed by atoms with van der Waals surface area (Å²) in [5, 5.41) is 7.96. The monoisotopic (exact) mass is 337 g/mol. The van der Waals surface area contributed by atoms with E-state index in [0.717, 1.165) is 34.4 Å². The summed E-state index contributed by atoms with van der Waals surface area (Å²) in [4.78, 5) is 0. The zero-order chi connectivity index (χ0) is 14.5. The zero-order valence-corrected chi connectivity index (χ0v) is 13.6. The standard InChI is InChI=1S/C15H20BrN3O/c1-4-17-14(10-12-7-8-19(2)18-12)13-6-5-11(16)9-15(13)20-3/h5-9,14,17H,4,10H2,1-3H3. The van der Waals surface area contributed by atoms with Crippen LogP contribution in [0.5, 0.6) is 5.75 Å². The van der Waals surface area contributed by atoms with E-state index in [2.05, 4.69) is 45.4 Å². The normalized spacial score (nSPS) is 12.4. The van der Waals surface area contributed by atoms with Gasteiger partial charge in [-0.1, -0.05) is 28.9 Å². The molecule has 1 N–H and O–H groups in total. The number of nitrogens with zero attached hydrogens (tertiary/aromatic N) is 2. The first kappa shape index (κ1) is 15.1. The third kappa shape index (κ3) is 3.61. The first-order valence-electron chi connectivity index (χ1n) is 6.69. The second kappa shape index (κ2) is 6.90. The molecule has 0 aliphatic carbocycles. The van der Waals surface area contributed by atoms with Crippen molar-refractivity contribution >= 4 is 15.9 Å². The lowest BCUT2D eigenvalue weighted by Gasteiger charge is -2.20. The first-order chi connectivity index (χ1) is 9.63. The molecule has 0 spiro atoms. The Morgan fingerprint density at radius 3 is 2.80 bits per heavy atom. The van der Waals surface area contributed by atoms with Gasteiger partial charge in [-0.15, -0.1) is 0 Å². The highest BCUT2D eigenvalue weighted by atomic mass is 79.9. The Bertz CT molecular complexity index is 568. The molecular formula is C15H20BrN3O. The minimum absolute atomic E-state index is 0.193. The van der Waals surface area contributed by atoms with Crippen LogP contribution in [0.3, 0.4) is 0 Å². The molecule has 2 aromatic rings. The highest BCUT2D eigenvalue weighted by Gasteiger charge is 2.17. The number of aromatic nitrogens is 2. The fourth-order valence-electron chi connectivity index (χ4n) is 2.29. The van der Waals surface area contributed by atoms with Crippen LogP contribution in [0.15, 0.2) is 34.9 Å². The van der Waals surface area contributed by atoms with Gasteiger partial charge in [0.2, 0.25) is 0 Å². The lowest BCUT2D eigenvalue weighted by Crippen LogP contribution is -2.23. The number of rotatable bonds is 6. The molecule has 0 aliphatic heterocycles. The second-order valence-electron chi connectivity index (χ2n) is 4.68. The van der Waals surface area contributed by atoms with Gasteiger partial charge in [0.1, 0.15) is 5.75 Å². The summed E-state index contributed by atoms with van der Waals surface area (Å²) in [5.41, 5.74) is 2.23. The lowest BCUT2D eigenvalue weighted by atomic mass is 10.0. The number of hydrogen-bond donors (Lipinski definition) is 1. The maximum atomic E-state index is 5.50. The van der Waals surface area contributed by atoms with Crippen molar-refractivity contribution in [2.24, 2.45) is 7.05 Å². The molecule has 1 heterocycles. The van der Waals surface area contributed by atoms with Gasteiger partial charge in [0.05, 0.1) is 12.8 Å². The summed E-state index contributed by atoms with van der Waals surface area (Å²) in [7, 11) is 3.64. The topological polar surface area (TPSA) is 39.1 Å². The van der Waals surface area contributed by atoms with Crippen LogP contribution >= 0.6 is 15.9 Å². The van der Waals surface area contributed by atoms with E-state index < -0.39 is 0 Å². The Hall–Kier alpha value is -1.33. The molecule has 4 nitrogen and oxygen atoms in total. The Morgan fingerprint density at radius 2 is 2.20 bits per heavy atom. The van der Waals surface area contributed by atoms with Crippen molar-refractivity contribution in [2.75, 3.05) is 13.7 Å². The Morgan fingerprint density at radius 1 is 1.40 bits per heavy atom. The van der Waals surface area contributed by atoms with Crippen molar-refractivity contribution < 1.29 is 4.74 Å². The van der Waals surface area contributed by atoms with Crippen LogP contribution in [0.4, 0.5) is 0 Å². The maximum Gasteiger partial charge on any atom is 0.124 e. The molecule has 1 unspecified atom stereocenters. The summed E-state index contributed by atoms with van der Waals surface area (Å²) in [6, 6.07) is 8.38. The summed E-state index contributed by atoms with van der Waals surface area (Å²) < 4.78 is 8.35. The van der Waals surface area contributed by atoms with Crippen LogP contribution in [0, 0.1) is 0 Å². The van der Waals surface area contributed by atoms with Gasteiger partial charge in [-0.2, -0.15) is 5.10 Å². The Labute approximate surface area is 128 Å². The molecule has 1 aromatic heterocycles. The predicted octanol–water partition coefficient (Wildman–Crippen LogP) is 3.08. The van der Waals surface area contributed by atoms with Crippen molar-refractivity contribution in [1.82, 2.24) is 15.1 Å². The molecule has 0 saturated carbocycles. The summed E-state index contributed by atoms with van der Waals surface area (Å²) in [6.07, 6.45) is 2.81. The van der Waals surface area contributed by atoms with E-state index in [1.165, 1.54) is 0 Å². The molecule has 0 bridgehead atoms. The fraction of sp³-hybridized carbons (Fsp3) is 0.400. The maximum absolute atomic E-state index is 5.50. The molecule has 2 rings (SSSR count). The fourth-order valence-corrected chi connectivity index (χ4v) is 2.63. The van der Waals surface area contributed by atoms with E-state index in [4.69, 9.17) is 4.74 Å². The number of nitrogens with one attached hydrogen (secondary N) is 1. The van der Waals surface area contributed by atoms with Gasteiger partial charge in [0.15, 0.2) is 0 Å². The molecule has 1 atom stereocenters. The summed E-state index contributed by atoms with van der Waals surface area (Å²) in [5.74, 6) is 0.890. The van der Waals surface area contributed by atoms with Crippen molar-refractivity contribution in [3.63, 3.8) is 0 Å². The van der Waals surface area contributed by atoms with Gasteiger partial charge >= 0.3 is 0 Å². The van der Waals surface area contributed by atoms with Crippen LogP contribution in [-0.4, -0.2) is 23.4 Å². The largest absolute Gasteiger partial charge is 0.496 e. The molecule has 0 radical (unpaired) electrons. The first-order valence-corrected chi connectivity index (χ1v) is 7.48. The predicted molar refractivity (Wildman–Crippen MR) is 84.0 cm³/mol. The molecule has 0 saturated heterocycles. The minimum Gasteiger partial charge on any atom is -0.496 e. The molecule has 0 amide bonds. The van der Waals surface area contributed by atoms with Gasteiger partial charge < -0.3 is 10.1 Å². The molecule has 0 fully saturated rings. The van der Waals surface area contributed by atoms with Gasteiger partial charge in [-0.05, 0) is 24.7 Å². The van der Waals surface area contributed by atoms with Gasteiger partial charge in [-0.3, -0.25) is 4.68 Å². The molecule has 5 heteroatoms. The third-order valence-electron chi connectivity index (χ3n) is 3.20. The smallest absolute Gasteiger partial charge is 0.124 e. The third-order valence-corrected chi connectivity index (χ3v) is 3.70. The van der Waals surface area contributed by atoms with E-state index >= 15 is 0 Å². The van der Waals surface area contributed by atoms with E-state index in [0.29, 0.717) is 0 Å². The van der Waals surface area contributed by atoms with Gasteiger partial charge in [-0.25, -0.2) is 0 Å². The van der Waals surface area contributed by atoms with Crippen LogP contribution in [0.25, 0.3) is 0 Å². The van der Waals surface area contributed by atoms with Crippen molar-refractivity contribution in [3.05, 3.63) is 46.2 Å². The number of ether oxygens (including phenoxy) is 1. The quantitative estimate of drug-likeness (QED) is 0.880. The van der Waals surface area contributed by atoms with Crippen molar-refractivity contribution in [3.8, 4) is 5.75 Å². The molecule has 0 aliphatic rings. The average Bonchev–Trinajstić information content (AvgIpc) is 2.83. The van der Waals surface area contributed by atoms with Crippen molar-refractivity contribution in [2.45, 2.75) is 19.4 Å². The van der Waals surface area contributed by atoms with Gasteiger partial charge in [0, 0.05) is 35.7 Å². The zero-order valence-electron chi connectivity index (χ0n) is 12.1. The van der Waals surface area contributed by atoms with Crippen molar-refractivity contribution in [1.29, 1.82) is 0 Å². The highest BCUT2D eigenvalue weighted by Crippen LogP contribution is 2.30. The van der Waals surface area contributed by atoms with Crippen LogP contribution in [0.2, 0.25) is 0 Å². The number of methoxy groups -OCH3 is 1. The average molecular weight is 338 g/mol. The van der Waals surface area contributed by atoms with Crippen LogP contribution < -0.4 is 10.1 Å². The summed E-state index contributed by atoms with van der Waals surface area (Å²) >= 11 is 3.48. The minimum atomic E-state index is 0.193. The SMILES string of the molecule is CCNC(Cc1ccn(C)n1)c1ccc(Br)cc1OC. The van der Waals surface area contributed by atoms with Gasteiger partial charge in [0.25, 0.3) is 0 Å². The second-order valence-corrected chi connectivity index (χ2v) is 5.60. The Kier molecular flexibility index (Phi) is 5.20. The van der Waals surface area contributed by atoms with E-state index in [1.807, 2.05) is 30.1 Å². The molecular weight excluding hydrogens is 318 g/mol. The highest BCUT2D eigenvalue weighted by molar-refractivity contribution is 9.10. The van der Waals surface area contributed by atoms with Crippen LogP contribution in [0.1, 0.15) is 24.2 Å². The van der Waals surface area contributed by atoms with E-state index in [-0.39, 0.29) is 6.04 Å². The number of halogens is 1. The number of likely N-dealkylation sites (N-methyl/N-ethyl adjacent to an activating group) is 1. The number of aryl methyl sites for hydroxylation is 1. The van der Waals surface area contributed by atoms with E-state index in [9.17, 15) is 0 Å². The lowest BCUT2D eigenvalue weighted by molar-refractivity contribution is 0.398. The number of benzene rings is 1. The number of hydrogen-bond acceptors (Lipinski definition) is 3. The summed E-state index contributed by atoms with van der Waals surface area (Å²) in [6.45, 7) is 3.01. The van der Waals surface area contributed by atoms with E-state index in [1.54, 1.807) is 7.11 Å². The van der Waals surface area contributed by atoms with Crippen LogP contribution in [-0.2, 0) is 13.5 Å². The molecule has 1 aromatic carbocycles. The molecule has 20 heavy (non-hydrogen) atoms.